The maximum Gasteiger partial charge on any atom is 0.228 e. The lowest BCUT2D eigenvalue weighted by molar-refractivity contribution is -0.125. The summed E-state index contributed by atoms with van der Waals surface area (Å²) >= 11 is 6.00. The normalized spacial score (nSPS) is 19.4. The van der Waals surface area contributed by atoms with Crippen LogP contribution in [0.2, 0.25) is 5.02 Å². The molecule has 0 aliphatic heterocycles. The molecule has 1 fully saturated rings. The van der Waals surface area contributed by atoms with E-state index in [1.807, 2.05) is 0 Å². The zero-order chi connectivity index (χ0) is 19.4. The molecular weight excluding hydrogens is 370 g/mol. The molecule has 144 valence electrons. The van der Waals surface area contributed by atoms with Crippen LogP contribution in [-0.4, -0.2) is 24.1 Å². The van der Waals surface area contributed by atoms with Crippen molar-refractivity contribution in [3.63, 3.8) is 0 Å². The number of carbonyl (C=O) groups is 2. The summed E-state index contributed by atoms with van der Waals surface area (Å²) in [6, 6.07) is 6.76. The predicted molar refractivity (Wildman–Crippen MR) is 102 cm³/mol. The van der Waals surface area contributed by atoms with Crippen LogP contribution in [0.1, 0.15) is 31.4 Å². The monoisotopic (exact) mass is 391 g/mol. The van der Waals surface area contributed by atoms with Crippen molar-refractivity contribution < 1.29 is 18.8 Å². The summed E-state index contributed by atoms with van der Waals surface area (Å²) in [5.74, 6) is 1.18. The Balaban J connectivity index is 1.53. The summed E-state index contributed by atoms with van der Waals surface area (Å²) in [6.07, 6.45) is 2.58. The van der Waals surface area contributed by atoms with E-state index in [1.165, 1.54) is 0 Å². The van der Waals surface area contributed by atoms with Gasteiger partial charge in [0.05, 0.1) is 12.8 Å². The average molecular weight is 392 g/mol. The van der Waals surface area contributed by atoms with Gasteiger partial charge in [0.2, 0.25) is 11.8 Å². The van der Waals surface area contributed by atoms with Crippen LogP contribution in [0.5, 0.6) is 5.75 Å². The maximum atomic E-state index is 12.6. The van der Waals surface area contributed by atoms with E-state index in [9.17, 15) is 9.59 Å². The molecule has 0 radical (unpaired) electrons. The Morgan fingerprint density at radius 2 is 1.74 bits per heavy atom. The molecule has 27 heavy (non-hydrogen) atoms. The number of carbonyl (C=O) groups excluding carboxylic acids is 2. The summed E-state index contributed by atoms with van der Waals surface area (Å²) in [7, 11) is 1.54. The van der Waals surface area contributed by atoms with E-state index in [0.29, 0.717) is 53.7 Å². The third kappa shape index (κ3) is 4.80. The highest BCUT2D eigenvalue weighted by Crippen LogP contribution is 2.33. The number of aryl methyl sites for hydroxylation is 1. The van der Waals surface area contributed by atoms with Gasteiger partial charge in [-0.05, 0) is 50.8 Å². The van der Waals surface area contributed by atoms with Gasteiger partial charge >= 0.3 is 0 Å². The lowest BCUT2D eigenvalue weighted by Gasteiger charge is -2.27. The minimum atomic E-state index is -0.146. The van der Waals surface area contributed by atoms with E-state index in [-0.39, 0.29) is 23.7 Å². The molecule has 0 unspecified atom stereocenters. The SMILES string of the molecule is COc1ccc(Cl)cc1NC(=O)C1CCC(C(=O)Nc2cc(C)on2)CC1. The van der Waals surface area contributed by atoms with Gasteiger partial charge in [-0.2, -0.15) is 0 Å². The second kappa shape index (κ2) is 8.43. The second-order valence-electron chi connectivity index (χ2n) is 6.69. The Bertz CT molecular complexity index is 828. The summed E-state index contributed by atoms with van der Waals surface area (Å²) in [5, 5.41) is 9.94. The third-order valence-electron chi connectivity index (χ3n) is 4.77. The molecule has 0 spiro atoms. The number of halogens is 1. The Kier molecular flexibility index (Phi) is 6.01. The van der Waals surface area contributed by atoms with Crippen LogP contribution in [-0.2, 0) is 9.59 Å². The fraction of sp³-hybridized carbons (Fsp3) is 0.421. The van der Waals surface area contributed by atoms with Gasteiger partial charge < -0.3 is 19.9 Å². The molecule has 2 aromatic rings. The minimum Gasteiger partial charge on any atom is -0.495 e. The van der Waals surface area contributed by atoms with Crippen molar-refractivity contribution in [3.8, 4) is 5.75 Å². The number of rotatable bonds is 5. The molecule has 1 heterocycles. The number of amides is 2. The van der Waals surface area contributed by atoms with Crippen molar-refractivity contribution in [3.05, 3.63) is 35.0 Å². The van der Waals surface area contributed by atoms with E-state index < -0.39 is 0 Å². The van der Waals surface area contributed by atoms with Crippen LogP contribution < -0.4 is 15.4 Å². The number of benzene rings is 1. The van der Waals surface area contributed by atoms with Gasteiger partial charge in [0.15, 0.2) is 5.82 Å². The number of hydrogen-bond donors (Lipinski definition) is 2. The fourth-order valence-corrected chi connectivity index (χ4v) is 3.46. The van der Waals surface area contributed by atoms with Gasteiger partial charge in [-0.3, -0.25) is 9.59 Å². The first-order valence-corrected chi connectivity index (χ1v) is 9.22. The molecule has 1 aromatic heterocycles. The van der Waals surface area contributed by atoms with E-state index in [4.69, 9.17) is 20.9 Å². The van der Waals surface area contributed by atoms with E-state index >= 15 is 0 Å². The lowest BCUT2D eigenvalue weighted by atomic mass is 9.81. The van der Waals surface area contributed by atoms with Crippen LogP contribution in [0.3, 0.4) is 0 Å². The number of ether oxygens (including phenoxy) is 1. The Labute approximate surface area is 162 Å². The Hall–Kier alpha value is -2.54. The van der Waals surface area contributed by atoms with Crippen molar-refractivity contribution in [1.29, 1.82) is 0 Å². The number of nitrogens with one attached hydrogen (secondary N) is 2. The van der Waals surface area contributed by atoms with Gasteiger partial charge in [0.1, 0.15) is 11.5 Å². The highest BCUT2D eigenvalue weighted by molar-refractivity contribution is 6.31. The molecule has 0 saturated heterocycles. The number of aromatic nitrogens is 1. The number of methoxy groups -OCH3 is 1. The molecule has 0 atom stereocenters. The van der Waals surface area contributed by atoms with Crippen LogP contribution >= 0.6 is 11.6 Å². The molecule has 1 aromatic carbocycles. The Morgan fingerprint density at radius 1 is 1.11 bits per heavy atom. The zero-order valence-electron chi connectivity index (χ0n) is 15.3. The number of anilines is 2. The van der Waals surface area contributed by atoms with Crippen LogP contribution in [0.15, 0.2) is 28.8 Å². The van der Waals surface area contributed by atoms with Crippen LogP contribution in [0.25, 0.3) is 0 Å². The average Bonchev–Trinajstić information content (AvgIpc) is 3.06. The van der Waals surface area contributed by atoms with Gasteiger partial charge in [-0.1, -0.05) is 16.8 Å². The topological polar surface area (TPSA) is 93.5 Å². The Morgan fingerprint density at radius 3 is 2.30 bits per heavy atom. The minimum absolute atomic E-state index is 0.0819. The maximum absolute atomic E-state index is 12.6. The van der Waals surface area contributed by atoms with Crippen molar-refractivity contribution in [2.45, 2.75) is 32.6 Å². The van der Waals surface area contributed by atoms with Gasteiger partial charge in [0, 0.05) is 22.9 Å². The fourth-order valence-electron chi connectivity index (χ4n) is 3.28. The molecule has 7 nitrogen and oxygen atoms in total. The quantitative estimate of drug-likeness (QED) is 0.802. The molecule has 2 N–H and O–H groups in total. The van der Waals surface area contributed by atoms with Gasteiger partial charge in [-0.15, -0.1) is 0 Å². The standard InChI is InChI=1S/C19H22ClN3O4/c1-11-9-17(23-27-11)22-19(25)13-5-3-12(4-6-13)18(24)21-15-10-14(20)7-8-16(15)26-2/h7-10,12-13H,3-6H2,1-2H3,(H,21,24)(H,22,23,25). The first kappa shape index (κ1) is 19.2. The van der Waals surface area contributed by atoms with Gasteiger partial charge in [0.25, 0.3) is 0 Å². The molecule has 8 heteroatoms. The molecule has 3 rings (SSSR count). The van der Waals surface area contributed by atoms with Crippen molar-refractivity contribution in [2.75, 3.05) is 17.7 Å². The summed E-state index contributed by atoms with van der Waals surface area (Å²) in [6.45, 7) is 1.77. The molecule has 0 bridgehead atoms. The summed E-state index contributed by atoms with van der Waals surface area (Å²) in [5.41, 5.74) is 0.552. The molecule has 1 aliphatic carbocycles. The second-order valence-corrected chi connectivity index (χ2v) is 7.13. The predicted octanol–water partition coefficient (Wildman–Crippen LogP) is 4.03. The third-order valence-corrected chi connectivity index (χ3v) is 5.00. The van der Waals surface area contributed by atoms with E-state index in [2.05, 4.69) is 15.8 Å². The number of nitrogens with zero attached hydrogens (tertiary/aromatic N) is 1. The number of hydrogen-bond acceptors (Lipinski definition) is 5. The first-order valence-electron chi connectivity index (χ1n) is 8.85. The van der Waals surface area contributed by atoms with Crippen LogP contribution in [0.4, 0.5) is 11.5 Å². The largest absolute Gasteiger partial charge is 0.495 e. The van der Waals surface area contributed by atoms with Gasteiger partial charge in [-0.25, -0.2) is 0 Å². The zero-order valence-corrected chi connectivity index (χ0v) is 16.0. The smallest absolute Gasteiger partial charge is 0.228 e. The van der Waals surface area contributed by atoms with Crippen molar-refractivity contribution in [2.24, 2.45) is 11.8 Å². The highest BCUT2D eigenvalue weighted by Gasteiger charge is 2.30. The molecule has 2 amide bonds. The molecular formula is C19H22ClN3O4. The van der Waals surface area contributed by atoms with Crippen LogP contribution in [0, 0.1) is 18.8 Å². The van der Waals surface area contributed by atoms with E-state index in [1.54, 1.807) is 38.3 Å². The van der Waals surface area contributed by atoms with E-state index in [0.717, 1.165) is 0 Å². The summed E-state index contributed by atoms with van der Waals surface area (Å²) < 4.78 is 10.2. The summed E-state index contributed by atoms with van der Waals surface area (Å²) in [4.78, 5) is 24.9. The van der Waals surface area contributed by atoms with Crippen molar-refractivity contribution in [1.82, 2.24) is 5.16 Å². The molecule has 1 saturated carbocycles. The molecule has 1 aliphatic rings. The first-order chi connectivity index (χ1) is 13.0. The lowest BCUT2D eigenvalue weighted by Crippen LogP contribution is -2.32. The highest BCUT2D eigenvalue weighted by atomic mass is 35.5. The van der Waals surface area contributed by atoms with Crippen molar-refractivity contribution >= 4 is 34.9 Å².